The molecular formula is C35H40FN7O7S2. The summed E-state index contributed by atoms with van der Waals surface area (Å²) >= 11 is 1.24. The minimum absolute atomic E-state index is 0.00497. The van der Waals surface area contributed by atoms with Crippen LogP contribution in [0.5, 0.6) is 5.88 Å². The Kier molecular flexibility index (Phi) is 9.52. The maximum atomic E-state index is 14.7. The highest BCUT2D eigenvalue weighted by atomic mass is 32.2. The van der Waals surface area contributed by atoms with Gasteiger partial charge in [-0.2, -0.15) is 0 Å². The average molecular weight is 754 g/mol. The lowest BCUT2D eigenvalue weighted by Gasteiger charge is -2.30. The van der Waals surface area contributed by atoms with Gasteiger partial charge in [-0.1, -0.05) is 31.1 Å². The van der Waals surface area contributed by atoms with Gasteiger partial charge in [-0.25, -0.2) is 27.8 Å². The van der Waals surface area contributed by atoms with Crippen LogP contribution >= 0.6 is 11.3 Å². The molecule has 4 aliphatic rings. The van der Waals surface area contributed by atoms with Gasteiger partial charge in [-0.05, 0) is 64.5 Å². The lowest BCUT2D eigenvalue weighted by atomic mass is 10.0. The van der Waals surface area contributed by atoms with Crippen LogP contribution in [0.15, 0.2) is 41.2 Å². The van der Waals surface area contributed by atoms with E-state index in [-0.39, 0.29) is 36.5 Å². The molecular weight excluding hydrogens is 714 g/mol. The molecule has 0 radical (unpaired) electrons. The van der Waals surface area contributed by atoms with Gasteiger partial charge in [-0.3, -0.25) is 23.9 Å². The van der Waals surface area contributed by atoms with Crippen LogP contribution in [-0.4, -0.2) is 86.9 Å². The van der Waals surface area contributed by atoms with Gasteiger partial charge < -0.3 is 20.3 Å². The van der Waals surface area contributed by atoms with Crippen molar-refractivity contribution in [2.75, 3.05) is 6.54 Å². The van der Waals surface area contributed by atoms with Gasteiger partial charge in [0.25, 0.3) is 11.8 Å². The number of fused-ring (bicyclic) bond motifs is 3. The van der Waals surface area contributed by atoms with Gasteiger partial charge in [0.15, 0.2) is 5.82 Å². The molecule has 1 aromatic carbocycles. The second-order valence-electron chi connectivity index (χ2n) is 14.3. The van der Waals surface area contributed by atoms with E-state index in [0.29, 0.717) is 43.3 Å². The number of halogens is 1. The molecule has 5 unspecified atom stereocenters. The first-order chi connectivity index (χ1) is 24.8. The molecule has 276 valence electrons. The van der Waals surface area contributed by atoms with Gasteiger partial charge in [0, 0.05) is 17.7 Å². The highest BCUT2D eigenvalue weighted by Crippen LogP contribution is 2.47. The summed E-state index contributed by atoms with van der Waals surface area (Å²) in [5, 5.41) is 7.23. The Labute approximate surface area is 304 Å². The predicted molar refractivity (Wildman–Crippen MR) is 188 cm³/mol. The number of thiazole rings is 1. The molecule has 5 atom stereocenters. The minimum Gasteiger partial charge on any atom is -0.471 e. The van der Waals surface area contributed by atoms with E-state index in [9.17, 15) is 32.0 Å². The van der Waals surface area contributed by atoms with Gasteiger partial charge in [-0.15, -0.1) is 11.3 Å². The Bertz CT molecular complexity index is 2060. The lowest BCUT2D eigenvalue weighted by molar-refractivity contribution is -0.141. The van der Waals surface area contributed by atoms with Gasteiger partial charge >= 0.3 is 0 Å². The molecule has 14 nitrogen and oxygen atoms in total. The number of nitrogens with zero attached hydrogens (tertiary/aromatic N) is 4. The van der Waals surface area contributed by atoms with Crippen LogP contribution in [0.2, 0.25) is 0 Å². The molecule has 2 saturated carbocycles. The smallest absolute Gasteiger partial charge is 0.271 e. The van der Waals surface area contributed by atoms with Crippen LogP contribution < -0.4 is 20.1 Å². The summed E-state index contributed by atoms with van der Waals surface area (Å²) in [7, 11) is -4.00. The molecule has 3 fully saturated rings. The molecule has 0 spiro atoms. The number of hydrogen-bond acceptors (Lipinski definition) is 11. The van der Waals surface area contributed by atoms with Gasteiger partial charge in [0.2, 0.25) is 27.7 Å². The fraction of sp³-hybridized carbons (Fsp3) is 0.514. The number of amides is 4. The summed E-state index contributed by atoms with van der Waals surface area (Å²) in [5.74, 6) is -3.56. The first kappa shape index (κ1) is 35.9. The molecule has 3 aromatic rings. The summed E-state index contributed by atoms with van der Waals surface area (Å²) in [6.45, 7) is 3.13. The van der Waals surface area contributed by atoms with E-state index in [4.69, 9.17) is 4.74 Å². The van der Waals surface area contributed by atoms with Crippen molar-refractivity contribution in [2.45, 2.75) is 100 Å². The van der Waals surface area contributed by atoms with Crippen molar-refractivity contribution in [2.24, 2.45) is 5.92 Å². The number of ether oxygens (including phenoxy) is 1. The monoisotopic (exact) mass is 753 g/mol. The van der Waals surface area contributed by atoms with Crippen molar-refractivity contribution in [3.63, 3.8) is 0 Å². The summed E-state index contributed by atoms with van der Waals surface area (Å²) in [6.07, 6.45) is 7.06. The normalized spacial score (nSPS) is 27.4. The number of aromatic nitrogens is 3. The van der Waals surface area contributed by atoms with Crippen molar-refractivity contribution < 1.29 is 36.7 Å². The Morgan fingerprint density at radius 2 is 1.96 bits per heavy atom. The first-order valence-electron chi connectivity index (χ1n) is 17.4. The molecule has 2 aliphatic heterocycles. The predicted octanol–water partition coefficient (Wildman–Crippen LogP) is 3.07. The van der Waals surface area contributed by atoms with Crippen LogP contribution in [0.25, 0.3) is 11.0 Å². The van der Waals surface area contributed by atoms with E-state index in [1.807, 2.05) is 12.2 Å². The number of hydrogen-bond donors (Lipinski definition) is 3. The third-order valence-electron chi connectivity index (χ3n) is 10.5. The molecule has 4 heterocycles. The Hall–Kier alpha value is -4.51. The van der Waals surface area contributed by atoms with Crippen molar-refractivity contribution in [3.05, 3.63) is 58.4 Å². The number of carbonyl (C=O) groups is 4. The fourth-order valence-electron chi connectivity index (χ4n) is 6.89. The number of para-hydroxylation sites is 1. The Balaban J connectivity index is 1.20. The number of aryl methyl sites for hydroxylation is 1. The van der Waals surface area contributed by atoms with E-state index in [0.717, 1.165) is 12.8 Å². The number of benzene rings is 1. The standard InChI is InChI=1S/C35H40FN7O7S2/c1-20-31(40-28-23(36)10-8-12-24(28)38-20)50-22-15-27-30(45)41-35(33(47)42-52(48,49)34(2)13-14-34)16-21(35)9-6-4-3-5-7-11-25(32(46)43(27)17-22)39-29(44)26-18-51-19-37-26/h6,8-10,12,18-19,21-22,25,27H,3-5,7,11,13-17H2,1-2H3,(H,39,44)(H,41,45)(H,42,47). The van der Waals surface area contributed by atoms with Gasteiger partial charge in [0.1, 0.15) is 40.6 Å². The zero-order valence-corrected chi connectivity index (χ0v) is 30.4. The molecule has 2 aromatic heterocycles. The average Bonchev–Trinajstić information content (AvgIpc) is 3.85. The van der Waals surface area contributed by atoms with Crippen LogP contribution in [0.1, 0.15) is 80.9 Å². The van der Waals surface area contributed by atoms with E-state index in [1.165, 1.54) is 33.9 Å². The summed E-state index contributed by atoms with van der Waals surface area (Å²) < 4.78 is 48.2. The Morgan fingerprint density at radius 1 is 1.15 bits per heavy atom. The van der Waals surface area contributed by atoms with E-state index in [1.54, 1.807) is 25.3 Å². The number of nitrogens with one attached hydrogen (secondary N) is 3. The van der Waals surface area contributed by atoms with Crippen LogP contribution in [-0.2, 0) is 24.4 Å². The van der Waals surface area contributed by atoms with Crippen molar-refractivity contribution in [1.29, 1.82) is 0 Å². The van der Waals surface area contributed by atoms with Crippen molar-refractivity contribution in [1.82, 2.24) is 35.2 Å². The quantitative estimate of drug-likeness (QED) is 0.303. The van der Waals surface area contributed by atoms with Crippen molar-refractivity contribution >= 4 is 56.0 Å². The number of rotatable bonds is 7. The highest BCUT2D eigenvalue weighted by molar-refractivity contribution is 7.91. The molecule has 4 amide bonds. The van der Waals surface area contributed by atoms with E-state index in [2.05, 4.69) is 30.3 Å². The molecule has 1 saturated heterocycles. The molecule has 0 bridgehead atoms. The summed E-state index contributed by atoms with van der Waals surface area (Å²) in [4.78, 5) is 69.8. The molecule has 17 heteroatoms. The number of carbonyl (C=O) groups excluding carboxylic acids is 4. The maximum absolute atomic E-state index is 14.7. The van der Waals surface area contributed by atoms with Crippen LogP contribution in [0, 0.1) is 18.7 Å². The Morgan fingerprint density at radius 3 is 2.71 bits per heavy atom. The highest BCUT2D eigenvalue weighted by Gasteiger charge is 2.63. The minimum atomic E-state index is -4.00. The topological polar surface area (TPSA) is 190 Å². The van der Waals surface area contributed by atoms with E-state index < -0.39 is 73.9 Å². The second-order valence-corrected chi connectivity index (χ2v) is 17.2. The molecule has 3 N–H and O–H groups in total. The second kappa shape index (κ2) is 13.8. The first-order valence-corrected chi connectivity index (χ1v) is 19.9. The number of allylic oxidation sites excluding steroid dienone is 1. The fourth-order valence-corrected chi connectivity index (χ4v) is 8.73. The van der Waals surface area contributed by atoms with Crippen LogP contribution in [0.4, 0.5) is 4.39 Å². The molecule has 52 heavy (non-hydrogen) atoms. The summed E-state index contributed by atoms with van der Waals surface area (Å²) in [6, 6.07) is 2.24. The van der Waals surface area contributed by atoms with Crippen molar-refractivity contribution in [3.8, 4) is 5.88 Å². The largest absolute Gasteiger partial charge is 0.471 e. The molecule has 2 aliphatic carbocycles. The van der Waals surface area contributed by atoms with Crippen LogP contribution in [0.3, 0.4) is 0 Å². The van der Waals surface area contributed by atoms with Gasteiger partial charge in [0.05, 0.1) is 22.3 Å². The zero-order chi connectivity index (χ0) is 36.8. The lowest BCUT2D eigenvalue weighted by Crippen LogP contribution is -2.58. The third kappa shape index (κ3) is 6.99. The maximum Gasteiger partial charge on any atom is 0.271 e. The summed E-state index contributed by atoms with van der Waals surface area (Å²) in [5.41, 5.74) is 0.851. The molecule has 7 rings (SSSR count). The number of sulfonamides is 1. The third-order valence-corrected chi connectivity index (χ3v) is 13.2. The SMILES string of the molecule is Cc1nc2cccc(F)c2nc1OC1CC2C(=O)NC3(C(=O)NS(=O)(=O)C4(C)CC4)CC3C=CCCCCCC(NC(=O)c3cscn3)C(=O)N2C1. The zero-order valence-electron chi connectivity index (χ0n) is 28.8. The van der Waals surface area contributed by atoms with E-state index >= 15 is 0 Å².